The number of fused-ring (bicyclic) bond motifs is 2. The van der Waals surface area contributed by atoms with E-state index in [1.54, 1.807) is 29.8 Å². The number of carbonyl (C=O) groups is 1. The van der Waals surface area contributed by atoms with E-state index in [2.05, 4.69) is 10.3 Å². The molecule has 15 heteroatoms. The van der Waals surface area contributed by atoms with Crippen molar-refractivity contribution in [3.8, 4) is 17.2 Å². The fraction of sp³-hybridized carbons (Fsp3) is 0.286. The maximum Gasteiger partial charge on any atom is 0.385 e. The van der Waals surface area contributed by atoms with Gasteiger partial charge < -0.3 is 13.7 Å². The van der Waals surface area contributed by atoms with Gasteiger partial charge in [0.15, 0.2) is 0 Å². The number of nitro groups is 1. The number of aryl methyl sites for hydroxylation is 3. The third kappa shape index (κ3) is 7.13. The van der Waals surface area contributed by atoms with Gasteiger partial charge in [-0.25, -0.2) is 4.68 Å². The largest absolute Gasteiger partial charge is 0.466 e. The molecule has 13 nitrogen and oxygen atoms in total. The molecule has 1 unspecified atom stereocenters. The SMILES string of the molecule is CCOC(=O)CC(c1ccc(C)c(CN2Cc3cc(Oc4ccccc4[N+](=O)[O-])ccc3OS2(=O)=O)c1)c1ccc2c(nnn2CCCl)c1C. The second kappa shape index (κ2) is 14.4. The Kier molecular flexibility index (Phi) is 10.0. The first-order valence-corrected chi connectivity index (χ1v) is 17.8. The first-order valence-electron chi connectivity index (χ1n) is 15.9. The minimum Gasteiger partial charge on any atom is -0.466 e. The highest BCUT2D eigenvalue weighted by atomic mass is 35.5. The Hall–Kier alpha value is -5.05. The molecule has 0 radical (unpaired) electrons. The Morgan fingerprint density at radius 2 is 1.90 bits per heavy atom. The van der Waals surface area contributed by atoms with E-state index in [1.165, 1.54) is 28.6 Å². The minimum atomic E-state index is -4.18. The number of ether oxygens (including phenoxy) is 2. The number of nitro benzene ring substituents is 1. The molecular weight excluding hydrogens is 686 g/mol. The van der Waals surface area contributed by atoms with Gasteiger partial charge in [0.1, 0.15) is 17.0 Å². The molecule has 4 aromatic carbocycles. The molecular formula is C35H34ClN5O8S. The van der Waals surface area contributed by atoms with E-state index in [9.17, 15) is 23.3 Å². The fourth-order valence-electron chi connectivity index (χ4n) is 6.08. The molecule has 1 aromatic heterocycles. The number of nitrogens with zero attached hydrogens (tertiary/aromatic N) is 5. The predicted octanol–water partition coefficient (Wildman–Crippen LogP) is 6.71. The smallest absolute Gasteiger partial charge is 0.385 e. The summed E-state index contributed by atoms with van der Waals surface area (Å²) in [6, 6.07) is 20.2. The van der Waals surface area contributed by atoms with Gasteiger partial charge in [0.2, 0.25) is 5.75 Å². The molecule has 0 amide bonds. The molecule has 0 fully saturated rings. The van der Waals surface area contributed by atoms with Crippen molar-refractivity contribution in [2.24, 2.45) is 0 Å². The zero-order chi connectivity index (χ0) is 35.6. The molecule has 0 saturated heterocycles. The van der Waals surface area contributed by atoms with Crippen LogP contribution in [-0.4, -0.2) is 51.1 Å². The van der Waals surface area contributed by atoms with Gasteiger partial charge in [0.25, 0.3) is 0 Å². The Balaban J connectivity index is 1.31. The number of alkyl halides is 1. The van der Waals surface area contributed by atoms with Crippen molar-refractivity contribution < 1.29 is 31.8 Å². The molecule has 0 spiro atoms. The second-order valence-electron chi connectivity index (χ2n) is 11.8. The van der Waals surface area contributed by atoms with Crippen molar-refractivity contribution in [3.63, 3.8) is 0 Å². The second-order valence-corrected chi connectivity index (χ2v) is 13.7. The van der Waals surface area contributed by atoms with E-state index in [1.807, 2.05) is 44.2 Å². The highest BCUT2D eigenvalue weighted by Crippen LogP contribution is 2.38. The van der Waals surface area contributed by atoms with Crippen molar-refractivity contribution in [2.45, 2.75) is 52.7 Å². The van der Waals surface area contributed by atoms with Gasteiger partial charge in [-0.2, -0.15) is 12.7 Å². The number of esters is 1. The Bertz CT molecular complexity index is 2210. The van der Waals surface area contributed by atoms with Crippen LogP contribution < -0.4 is 8.92 Å². The van der Waals surface area contributed by atoms with E-state index in [4.69, 9.17) is 25.3 Å². The van der Waals surface area contributed by atoms with Crippen molar-refractivity contribution in [3.05, 3.63) is 116 Å². The Morgan fingerprint density at radius 1 is 1.10 bits per heavy atom. The zero-order valence-electron chi connectivity index (χ0n) is 27.5. The van der Waals surface area contributed by atoms with Crippen LogP contribution >= 0.6 is 11.6 Å². The van der Waals surface area contributed by atoms with Gasteiger partial charge in [-0.05, 0) is 78.9 Å². The van der Waals surface area contributed by atoms with Crippen LogP contribution in [0.5, 0.6) is 17.2 Å². The van der Waals surface area contributed by atoms with E-state index in [0.717, 1.165) is 27.8 Å². The minimum absolute atomic E-state index is 0.0203. The van der Waals surface area contributed by atoms with Crippen LogP contribution in [0.25, 0.3) is 11.0 Å². The summed E-state index contributed by atoms with van der Waals surface area (Å²) in [5.74, 6) is 0.0758. The molecule has 2 heterocycles. The van der Waals surface area contributed by atoms with Gasteiger partial charge in [0.05, 0.1) is 30.0 Å². The summed E-state index contributed by atoms with van der Waals surface area (Å²) in [7, 11) is -4.18. The lowest BCUT2D eigenvalue weighted by Gasteiger charge is -2.29. The van der Waals surface area contributed by atoms with E-state index in [0.29, 0.717) is 29.1 Å². The molecule has 50 heavy (non-hydrogen) atoms. The molecule has 0 saturated carbocycles. The third-order valence-corrected chi connectivity index (χ3v) is 10.1. The van der Waals surface area contributed by atoms with Crippen LogP contribution in [0, 0.1) is 24.0 Å². The molecule has 1 aliphatic heterocycles. The predicted molar refractivity (Wildman–Crippen MR) is 186 cm³/mol. The van der Waals surface area contributed by atoms with Gasteiger partial charge in [-0.3, -0.25) is 14.9 Å². The molecule has 0 aliphatic carbocycles. The molecule has 6 rings (SSSR count). The lowest BCUT2D eigenvalue weighted by atomic mass is 9.84. The number of halogens is 1. The maximum absolute atomic E-state index is 13.3. The van der Waals surface area contributed by atoms with E-state index >= 15 is 0 Å². The molecule has 1 aliphatic rings. The van der Waals surface area contributed by atoms with Gasteiger partial charge >= 0.3 is 22.0 Å². The van der Waals surface area contributed by atoms with Crippen LogP contribution in [0.15, 0.2) is 72.8 Å². The van der Waals surface area contributed by atoms with Crippen molar-refractivity contribution in [1.82, 2.24) is 19.3 Å². The summed E-state index contributed by atoms with van der Waals surface area (Å²) in [5, 5.41) is 20.1. The van der Waals surface area contributed by atoms with Gasteiger partial charge in [-0.15, -0.1) is 16.7 Å². The summed E-state index contributed by atoms with van der Waals surface area (Å²) >= 11 is 5.96. The molecule has 260 valence electrons. The average Bonchev–Trinajstić information content (AvgIpc) is 3.49. The van der Waals surface area contributed by atoms with Gasteiger partial charge in [-0.1, -0.05) is 41.6 Å². The quantitative estimate of drug-likeness (QED) is 0.0588. The molecule has 1 atom stereocenters. The molecule has 0 N–H and O–H groups in total. The summed E-state index contributed by atoms with van der Waals surface area (Å²) in [6.45, 7) is 6.26. The number of para-hydroxylation sites is 2. The van der Waals surface area contributed by atoms with Crippen LogP contribution in [-0.2, 0) is 39.5 Å². The monoisotopic (exact) mass is 719 g/mol. The number of carbonyl (C=O) groups excluding carboxylic acids is 1. The van der Waals surface area contributed by atoms with Crippen molar-refractivity contribution in [1.29, 1.82) is 0 Å². The Labute approximate surface area is 293 Å². The number of hydrogen-bond acceptors (Lipinski definition) is 10. The van der Waals surface area contributed by atoms with Crippen LogP contribution in [0.1, 0.15) is 52.6 Å². The van der Waals surface area contributed by atoms with Gasteiger partial charge in [0, 0.05) is 36.5 Å². The molecule has 0 bridgehead atoms. The first kappa shape index (κ1) is 34.8. The van der Waals surface area contributed by atoms with Crippen LogP contribution in [0.3, 0.4) is 0 Å². The lowest BCUT2D eigenvalue weighted by Crippen LogP contribution is -2.37. The van der Waals surface area contributed by atoms with Crippen LogP contribution in [0.2, 0.25) is 0 Å². The number of hydrogen-bond donors (Lipinski definition) is 0. The summed E-state index contributed by atoms with van der Waals surface area (Å²) in [4.78, 5) is 23.9. The third-order valence-electron chi connectivity index (χ3n) is 8.63. The molecule has 5 aromatic rings. The summed E-state index contributed by atoms with van der Waals surface area (Å²) < 4.78 is 46.3. The van der Waals surface area contributed by atoms with E-state index in [-0.39, 0.29) is 55.0 Å². The van der Waals surface area contributed by atoms with Crippen molar-refractivity contribution >= 4 is 44.6 Å². The first-order chi connectivity index (χ1) is 24.0. The fourth-order valence-corrected chi connectivity index (χ4v) is 7.33. The number of rotatable bonds is 12. The standard InChI is InChI=1S/C35H34ClN5O8S/c1-4-47-34(42)19-29(28-12-13-31-35(23(28)3)37-38-40(31)16-15-36)24-10-9-22(2)25(17-24)20-39-21-26-18-27(11-14-32(26)49-50(39,45)46)48-33-8-6-5-7-30(33)41(43)44/h5-14,17-18,29H,4,15-16,19-21H2,1-3H3. The number of aromatic nitrogens is 3. The van der Waals surface area contributed by atoms with E-state index < -0.39 is 21.1 Å². The highest BCUT2D eigenvalue weighted by molar-refractivity contribution is 7.84. The highest BCUT2D eigenvalue weighted by Gasteiger charge is 2.33. The summed E-state index contributed by atoms with van der Waals surface area (Å²) in [5.41, 5.74) is 5.94. The Morgan fingerprint density at radius 3 is 2.66 bits per heavy atom. The topological polar surface area (TPSA) is 156 Å². The normalized spacial score (nSPS) is 14.5. The summed E-state index contributed by atoms with van der Waals surface area (Å²) in [6.07, 6.45) is 0.0549. The lowest BCUT2D eigenvalue weighted by molar-refractivity contribution is -0.385. The average molecular weight is 720 g/mol. The maximum atomic E-state index is 13.3. The van der Waals surface area contributed by atoms with Crippen molar-refractivity contribution in [2.75, 3.05) is 12.5 Å². The zero-order valence-corrected chi connectivity index (χ0v) is 29.1. The number of benzene rings is 4. The van der Waals surface area contributed by atoms with Crippen LogP contribution in [0.4, 0.5) is 5.69 Å².